The molecule has 0 radical (unpaired) electrons. The summed E-state index contributed by atoms with van der Waals surface area (Å²) >= 11 is 0. The van der Waals surface area contributed by atoms with Gasteiger partial charge in [0, 0.05) is 73.1 Å². The first-order chi connectivity index (χ1) is 35.2. The van der Waals surface area contributed by atoms with Crippen molar-refractivity contribution >= 4 is 68.3 Å². The van der Waals surface area contributed by atoms with Crippen molar-refractivity contribution in [3.63, 3.8) is 0 Å². The van der Waals surface area contributed by atoms with Crippen LogP contribution < -0.4 is 36.6 Å². The minimum Gasteiger partial charge on any atom is -0.480 e. The number of carbonyl (C=O) groups excluding carboxylic acids is 2. The number of amides is 2. The first-order valence-corrected chi connectivity index (χ1v) is 22.6. The van der Waals surface area contributed by atoms with Crippen LogP contribution in [0.3, 0.4) is 0 Å². The second kappa shape index (κ2) is 22.3. The molecule has 0 saturated carbocycles. The molecule has 0 spiro atoms. The molecule has 72 heavy (non-hydrogen) atoms. The van der Waals surface area contributed by atoms with E-state index >= 15 is 4.39 Å². The Kier molecular flexibility index (Phi) is 15.0. The van der Waals surface area contributed by atoms with Crippen molar-refractivity contribution in [1.29, 1.82) is 0 Å². The van der Waals surface area contributed by atoms with Crippen molar-refractivity contribution in [3.8, 4) is 28.4 Å². The lowest BCUT2D eigenvalue weighted by Crippen LogP contribution is -2.33. The third-order valence-electron chi connectivity index (χ3n) is 11.2. The number of nitrogens with zero attached hydrogens (tertiary/aromatic N) is 8. The summed E-state index contributed by atoms with van der Waals surface area (Å²) in [6, 6.07) is 19.7. The van der Waals surface area contributed by atoms with Gasteiger partial charge < -0.3 is 46.1 Å². The average molecular weight is 973 g/mol. The largest absolute Gasteiger partial charge is 0.480 e. The summed E-state index contributed by atoms with van der Waals surface area (Å²) in [5.41, 5.74) is 5.47. The Bertz CT molecular complexity index is 3300. The zero-order valence-corrected chi connectivity index (χ0v) is 38.7. The van der Waals surface area contributed by atoms with E-state index < -0.39 is 11.6 Å². The molecular formula is C51H46F2N14O5. The number of halogens is 2. The minimum atomic E-state index is -0.512. The quantitative estimate of drug-likeness (QED) is 0.0613. The first-order valence-electron chi connectivity index (χ1n) is 22.6. The highest BCUT2D eigenvalue weighted by atomic mass is 19.1. The molecule has 6 aromatic heterocycles. The van der Waals surface area contributed by atoms with E-state index in [1.165, 1.54) is 31.6 Å². The van der Waals surface area contributed by atoms with E-state index in [0.29, 0.717) is 88.1 Å². The third kappa shape index (κ3) is 11.3. The maximum atomic E-state index is 15.1. The molecule has 19 nitrogen and oxygen atoms in total. The molecular weight excluding hydrogens is 927 g/mol. The van der Waals surface area contributed by atoms with Crippen molar-refractivity contribution < 1.29 is 32.6 Å². The molecule has 2 atom stereocenters. The first kappa shape index (κ1) is 48.3. The van der Waals surface area contributed by atoms with Gasteiger partial charge in [0.15, 0.2) is 0 Å². The summed E-state index contributed by atoms with van der Waals surface area (Å²) in [6.07, 6.45) is 9.91. The molecule has 364 valence electrons. The van der Waals surface area contributed by atoms with Crippen LogP contribution in [0.25, 0.3) is 44.3 Å². The molecule has 21 heteroatoms. The molecule has 6 N–H and O–H groups in total. The Morgan fingerprint density at radius 1 is 0.639 bits per heavy atom. The summed E-state index contributed by atoms with van der Waals surface area (Å²) in [7, 11) is 1.52. The lowest BCUT2D eigenvalue weighted by molar-refractivity contribution is -0.112. The van der Waals surface area contributed by atoms with Crippen molar-refractivity contribution in [2.75, 3.05) is 67.8 Å². The van der Waals surface area contributed by atoms with Crippen LogP contribution in [0, 0.1) is 11.6 Å². The molecule has 2 aliphatic heterocycles. The number of pyridine rings is 4. The van der Waals surface area contributed by atoms with Gasteiger partial charge in [-0.3, -0.25) is 24.5 Å². The van der Waals surface area contributed by atoms with Gasteiger partial charge in [-0.25, -0.2) is 33.7 Å². The SMILES string of the molecule is C=CC(=O)Nc1ccnc(-c2c(F)ccc3cnc(Nc4ccc(C5CNCCO5)nc4)nc23)c1.C=CC(=O)Nc1ccnc(-c2c(F)ccc3cnc(Nc4ccc(C5CNCCO5)nc4OC)nc23)c1. The van der Waals surface area contributed by atoms with Crippen LogP contribution in [0.2, 0.25) is 0 Å². The number of nitrogens with one attached hydrogen (secondary N) is 6. The van der Waals surface area contributed by atoms with E-state index in [1.54, 1.807) is 55.0 Å². The van der Waals surface area contributed by atoms with E-state index in [2.05, 4.69) is 84.9 Å². The summed E-state index contributed by atoms with van der Waals surface area (Å²) < 4.78 is 47.1. The van der Waals surface area contributed by atoms with Gasteiger partial charge in [-0.2, -0.15) is 0 Å². The zero-order chi connectivity index (χ0) is 50.0. The van der Waals surface area contributed by atoms with Crippen LogP contribution in [0.1, 0.15) is 23.6 Å². The maximum absolute atomic E-state index is 15.1. The van der Waals surface area contributed by atoms with Gasteiger partial charge in [-0.05, 0) is 84.9 Å². The molecule has 2 aliphatic rings. The summed E-state index contributed by atoms with van der Waals surface area (Å²) in [6.45, 7) is 11.2. The molecule has 0 bridgehead atoms. The molecule has 8 aromatic rings. The van der Waals surface area contributed by atoms with Gasteiger partial charge in [-0.1, -0.05) is 13.2 Å². The third-order valence-corrected chi connectivity index (χ3v) is 11.2. The second-order valence-electron chi connectivity index (χ2n) is 16.0. The van der Waals surface area contributed by atoms with E-state index in [4.69, 9.17) is 14.2 Å². The number of hydrogen-bond acceptors (Lipinski definition) is 17. The lowest BCUT2D eigenvalue weighted by atomic mass is 10.1. The van der Waals surface area contributed by atoms with Crippen molar-refractivity contribution in [2.45, 2.75) is 12.2 Å². The van der Waals surface area contributed by atoms with E-state index in [-0.39, 0.29) is 47.0 Å². The monoisotopic (exact) mass is 972 g/mol. The number of hydrogen-bond donors (Lipinski definition) is 6. The molecule has 2 saturated heterocycles. The van der Waals surface area contributed by atoms with Crippen molar-refractivity contribution in [2.24, 2.45) is 0 Å². The van der Waals surface area contributed by atoms with Gasteiger partial charge in [0.05, 0.1) is 77.1 Å². The van der Waals surface area contributed by atoms with Gasteiger partial charge in [0.1, 0.15) is 29.5 Å². The van der Waals surface area contributed by atoms with E-state index in [0.717, 1.165) is 36.6 Å². The van der Waals surface area contributed by atoms with Crippen LogP contribution in [-0.4, -0.2) is 98.2 Å². The van der Waals surface area contributed by atoms with Gasteiger partial charge in [0.2, 0.25) is 29.6 Å². The number of carbonyl (C=O) groups is 2. The highest BCUT2D eigenvalue weighted by molar-refractivity contribution is 6.01. The van der Waals surface area contributed by atoms with Crippen LogP contribution in [0.4, 0.5) is 43.4 Å². The number of methoxy groups -OCH3 is 1. The van der Waals surface area contributed by atoms with Crippen molar-refractivity contribution in [1.82, 2.24) is 50.5 Å². The summed E-state index contributed by atoms with van der Waals surface area (Å²) in [4.78, 5) is 58.9. The highest BCUT2D eigenvalue weighted by Gasteiger charge is 2.22. The van der Waals surface area contributed by atoms with E-state index in [1.807, 2.05) is 24.3 Å². The van der Waals surface area contributed by atoms with Crippen LogP contribution in [0.5, 0.6) is 5.88 Å². The van der Waals surface area contributed by atoms with Gasteiger partial charge in [-0.15, -0.1) is 0 Å². The van der Waals surface area contributed by atoms with Crippen LogP contribution in [0.15, 0.2) is 129 Å². The number of rotatable bonds is 13. The predicted octanol–water partition coefficient (Wildman–Crippen LogP) is 7.52. The molecule has 2 fully saturated rings. The van der Waals surface area contributed by atoms with E-state index in [9.17, 15) is 14.0 Å². The number of benzene rings is 2. The fourth-order valence-corrected chi connectivity index (χ4v) is 7.74. The Morgan fingerprint density at radius 2 is 1.18 bits per heavy atom. The molecule has 8 heterocycles. The zero-order valence-electron chi connectivity index (χ0n) is 38.7. The Morgan fingerprint density at radius 3 is 1.68 bits per heavy atom. The normalized spacial score (nSPS) is 15.4. The highest BCUT2D eigenvalue weighted by Crippen LogP contribution is 2.34. The topological polar surface area (TPSA) is 237 Å². The smallest absolute Gasteiger partial charge is 0.247 e. The molecule has 10 rings (SSSR count). The Hall–Kier alpha value is -8.76. The molecule has 2 amide bonds. The molecule has 0 aliphatic carbocycles. The Labute approximate surface area is 410 Å². The Balaban J connectivity index is 0.000000178. The lowest BCUT2D eigenvalue weighted by Gasteiger charge is -2.23. The van der Waals surface area contributed by atoms with Crippen LogP contribution in [-0.2, 0) is 19.1 Å². The van der Waals surface area contributed by atoms with Gasteiger partial charge >= 0.3 is 0 Å². The van der Waals surface area contributed by atoms with Gasteiger partial charge in [0.25, 0.3) is 0 Å². The second-order valence-corrected chi connectivity index (χ2v) is 16.0. The standard InChI is InChI=1S/C26H24FN7O3.C25H22FN7O2/c1-3-22(35)31-16-8-9-29-20(12-16)23-17(27)5-4-15-13-30-26(34-24(15)23)33-19-7-6-18(32-25(19)36-2)21-14-28-10-11-37-21;1-2-22(34)31-16-7-8-28-20(11-16)23-18(26)5-3-15-12-30-25(33-24(15)23)32-17-4-6-19(29-13-17)21-14-27-9-10-35-21/h3-9,12-13,21,28H,1,10-11,14H2,2H3,(H,29,31,35)(H,30,33,34);2-8,11-13,21,27H,1,9-10,14H2,(H,28,31,34)(H,30,32,33). The fourth-order valence-electron chi connectivity index (χ4n) is 7.74. The average Bonchev–Trinajstić information content (AvgIpc) is 3.41. The fraction of sp³-hybridized carbons (Fsp3) is 0.176. The number of ether oxygens (including phenoxy) is 3. The minimum absolute atomic E-state index is 0.0835. The number of anilines is 6. The number of aromatic nitrogens is 8. The van der Waals surface area contributed by atoms with Crippen molar-refractivity contribution in [3.05, 3.63) is 152 Å². The molecule has 2 aromatic carbocycles. The van der Waals surface area contributed by atoms with Crippen LogP contribution >= 0.6 is 0 Å². The maximum Gasteiger partial charge on any atom is 0.247 e. The summed E-state index contributed by atoms with van der Waals surface area (Å²) in [5, 5.41) is 19.4. The predicted molar refractivity (Wildman–Crippen MR) is 268 cm³/mol. The number of morpholine rings is 2. The molecule has 2 unspecified atom stereocenters. The summed E-state index contributed by atoms with van der Waals surface area (Å²) in [5.74, 6) is -0.910. The number of fused-ring (bicyclic) bond motifs is 2.